The molecule has 10 nitrogen and oxygen atoms in total. The van der Waals surface area contributed by atoms with Gasteiger partial charge in [0.05, 0.1) is 30.3 Å². The third-order valence-corrected chi connectivity index (χ3v) is 4.98. The second-order valence-electron chi connectivity index (χ2n) is 5.78. The van der Waals surface area contributed by atoms with Crippen LogP contribution in [0.4, 0.5) is 5.69 Å². The molecule has 2 rings (SSSR count). The number of rotatable bonds is 8. The van der Waals surface area contributed by atoms with Crippen LogP contribution < -0.4 is 9.47 Å². The maximum absolute atomic E-state index is 12.3. The number of esters is 1. The molecule has 0 atom stereocenters. The molecule has 0 spiro atoms. The van der Waals surface area contributed by atoms with E-state index in [4.69, 9.17) is 14.2 Å². The molecule has 2 aromatic carbocycles. The SMILES string of the molecule is COc1ccc(C(=O)COC(=O)c2ccc(S(C)(=O)=O)c([N+](=O)[O-])c2)c(OC)c1. The van der Waals surface area contributed by atoms with Crippen molar-refractivity contribution in [1.82, 2.24) is 0 Å². The van der Waals surface area contributed by atoms with Crippen molar-refractivity contribution in [1.29, 1.82) is 0 Å². The monoisotopic (exact) mass is 423 g/mol. The Bertz CT molecular complexity index is 1080. The van der Waals surface area contributed by atoms with Gasteiger partial charge in [-0.25, -0.2) is 13.2 Å². The molecule has 0 aliphatic carbocycles. The van der Waals surface area contributed by atoms with Crippen LogP contribution in [0.5, 0.6) is 11.5 Å². The molecule has 29 heavy (non-hydrogen) atoms. The third kappa shape index (κ3) is 5.08. The highest BCUT2D eigenvalue weighted by atomic mass is 32.2. The fraction of sp³-hybridized carbons (Fsp3) is 0.222. The highest BCUT2D eigenvalue weighted by Crippen LogP contribution is 2.26. The fourth-order valence-corrected chi connectivity index (χ4v) is 3.25. The molecule has 0 amide bonds. The van der Waals surface area contributed by atoms with Crippen LogP contribution in [0.15, 0.2) is 41.3 Å². The van der Waals surface area contributed by atoms with Crippen molar-refractivity contribution in [2.45, 2.75) is 4.90 Å². The van der Waals surface area contributed by atoms with Crippen molar-refractivity contribution in [3.63, 3.8) is 0 Å². The molecule has 0 saturated heterocycles. The zero-order chi connectivity index (χ0) is 21.8. The lowest BCUT2D eigenvalue weighted by atomic mass is 10.1. The molecule has 0 unspecified atom stereocenters. The highest BCUT2D eigenvalue weighted by molar-refractivity contribution is 7.90. The number of ether oxygens (including phenoxy) is 3. The number of carbonyl (C=O) groups is 2. The first-order chi connectivity index (χ1) is 13.6. The Balaban J connectivity index is 2.20. The standard InChI is InChI=1S/C18H17NO9S/c1-26-12-5-6-13(16(9-12)27-2)15(20)10-28-18(21)11-4-7-17(29(3,24)25)14(8-11)19(22)23/h4-9H,10H2,1-3H3. The van der Waals surface area contributed by atoms with E-state index in [-0.39, 0.29) is 16.9 Å². The summed E-state index contributed by atoms with van der Waals surface area (Å²) in [4.78, 5) is 34.2. The summed E-state index contributed by atoms with van der Waals surface area (Å²) in [5.74, 6) is -0.902. The van der Waals surface area contributed by atoms with Gasteiger partial charge in [-0.15, -0.1) is 0 Å². The van der Waals surface area contributed by atoms with E-state index in [1.54, 1.807) is 0 Å². The van der Waals surface area contributed by atoms with Gasteiger partial charge in [0.25, 0.3) is 5.69 Å². The zero-order valence-electron chi connectivity index (χ0n) is 15.7. The highest BCUT2D eigenvalue weighted by Gasteiger charge is 2.25. The van der Waals surface area contributed by atoms with Gasteiger partial charge in [-0.1, -0.05) is 0 Å². The predicted octanol–water partition coefficient (Wildman–Crippen LogP) is 2.06. The fourth-order valence-electron chi connectivity index (χ4n) is 2.42. The zero-order valence-corrected chi connectivity index (χ0v) is 16.5. The summed E-state index contributed by atoms with van der Waals surface area (Å²) in [5, 5.41) is 11.1. The van der Waals surface area contributed by atoms with E-state index >= 15 is 0 Å². The summed E-state index contributed by atoms with van der Waals surface area (Å²) in [6.07, 6.45) is 0.814. The van der Waals surface area contributed by atoms with Gasteiger partial charge in [-0.3, -0.25) is 14.9 Å². The Morgan fingerprint density at radius 3 is 2.31 bits per heavy atom. The minimum absolute atomic E-state index is 0.152. The van der Waals surface area contributed by atoms with Crippen LogP contribution in [0.1, 0.15) is 20.7 Å². The van der Waals surface area contributed by atoms with Crippen molar-refractivity contribution >= 4 is 27.3 Å². The topological polar surface area (TPSA) is 139 Å². The quantitative estimate of drug-likeness (QED) is 0.270. The number of nitro benzene ring substituents is 1. The van der Waals surface area contributed by atoms with E-state index in [2.05, 4.69) is 0 Å². The van der Waals surface area contributed by atoms with E-state index < -0.39 is 43.7 Å². The Hall–Kier alpha value is -3.47. The minimum Gasteiger partial charge on any atom is -0.497 e. The van der Waals surface area contributed by atoms with Crippen molar-refractivity contribution < 1.29 is 37.1 Å². The summed E-state index contributed by atoms with van der Waals surface area (Å²) in [7, 11) is -1.06. The van der Waals surface area contributed by atoms with Crippen LogP contribution in [0, 0.1) is 10.1 Å². The first-order valence-corrected chi connectivity index (χ1v) is 9.88. The molecule has 0 aromatic heterocycles. The second-order valence-corrected chi connectivity index (χ2v) is 7.76. The van der Waals surface area contributed by atoms with Gasteiger partial charge in [0, 0.05) is 18.4 Å². The molecule has 0 fully saturated rings. The number of nitrogens with zero attached hydrogens (tertiary/aromatic N) is 1. The van der Waals surface area contributed by atoms with Crippen LogP contribution in [0.2, 0.25) is 0 Å². The second kappa shape index (κ2) is 8.69. The predicted molar refractivity (Wildman–Crippen MR) is 100 cm³/mol. The maximum atomic E-state index is 12.3. The Morgan fingerprint density at radius 1 is 1.07 bits per heavy atom. The van der Waals surface area contributed by atoms with E-state index in [0.29, 0.717) is 5.75 Å². The molecule has 11 heteroatoms. The summed E-state index contributed by atoms with van der Waals surface area (Å²) < 4.78 is 38.3. The van der Waals surface area contributed by atoms with Gasteiger partial charge >= 0.3 is 5.97 Å². The Labute approximate surface area is 166 Å². The lowest BCUT2D eigenvalue weighted by Crippen LogP contribution is -2.15. The summed E-state index contributed by atoms with van der Waals surface area (Å²) in [6, 6.07) is 7.27. The summed E-state index contributed by atoms with van der Waals surface area (Å²) in [6.45, 7) is -0.650. The number of hydrogen-bond acceptors (Lipinski definition) is 9. The van der Waals surface area contributed by atoms with Crippen LogP contribution in [0.25, 0.3) is 0 Å². The van der Waals surface area contributed by atoms with Crippen molar-refractivity contribution in [2.24, 2.45) is 0 Å². The molecule has 0 N–H and O–H groups in total. The first-order valence-electron chi connectivity index (χ1n) is 7.99. The van der Waals surface area contributed by atoms with Gasteiger partial charge in [0.15, 0.2) is 16.4 Å². The third-order valence-electron chi connectivity index (χ3n) is 3.83. The average molecular weight is 423 g/mol. The smallest absolute Gasteiger partial charge is 0.338 e. The number of hydrogen-bond donors (Lipinski definition) is 0. The molecule has 0 bridgehead atoms. The van der Waals surface area contributed by atoms with Gasteiger partial charge in [0.1, 0.15) is 16.4 Å². The van der Waals surface area contributed by atoms with Crippen LogP contribution in [-0.4, -0.2) is 52.2 Å². The van der Waals surface area contributed by atoms with E-state index in [1.165, 1.54) is 32.4 Å². The normalized spacial score (nSPS) is 10.9. The molecule has 0 aliphatic heterocycles. The molecule has 0 radical (unpaired) electrons. The van der Waals surface area contributed by atoms with Crippen LogP contribution >= 0.6 is 0 Å². The Kier molecular flexibility index (Phi) is 6.54. The molecule has 2 aromatic rings. The van der Waals surface area contributed by atoms with Crippen LogP contribution in [-0.2, 0) is 14.6 Å². The van der Waals surface area contributed by atoms with Gasteiger partial charge in [-0.05, 0) is 24.3 Å². The number of Topliss-reactive ketones (excluding diaryl/α,β-unsaturated/α-hetero) is 1. The van der Waals surface area contributed by atoms with Gasteiger partial charge < -0.3 is 14.2 Å². The van der Waals surface area contributed by atoms with Crippen molar-refractivity contribution in [3.05, 3.63) is 57.6 Å². The summed E-state index contributed by atoms with van der Waals surface area (Å²) in [5.41, 5.74) is -0.872. The molecule has 0 saturated carbocycles. The number of carbonyl (C=O) groups excluding carboxylic acids is 2. The Morgan fingerprint density at radius 2 is 1.76 bits per heavy atom. The van der Waals surface area contributed by atoms with E-state index in [1.807, 2.05) is 0 Å². The number of nitro groups is 1. The molecule has 0 heterocycles. The summed E-state index contributed by atoms with van der Waals surface area (Å²) >= 11 is 0. The minimum atomic E-state index is -3.87. The molecular formula is C18H17NO9S. The lowest BCUT2D eigenvalue weighted by Gasteiger charge is -2.10. The van der Waals surface area contributed by atoms with Gasteiger partial charge in [0.2, 0.25) is 5.78 Å². The van der Waals surface area contributed by atoms with Gasteiger partial charge in [-0.2, -0.15) is 0 Å². The van der Waals surface area contributed by atoms with E-state index in [0.717, 1.165) is 24.5 Å². The molecule has 154 valence electrons. The maximum Gasteiger partial charge on any atom is 0.338 e. The number of sulfone groups is 1. The van der Waals surface area contributed by atoms with Crippen LogP contribution in [0.3, 0.4) is 0 Å². The average Bonchev–Trinajstić information content (AvgIpc) is 2.69. The molecular weight excluding hydrogens is 406 g/mol. The number of methoxy groups -OCH3 is 2. The largest absolute Gasteiger partial charge is 0.497 e. The van der Waals surface area contributed by atoms with E-state index in [9.17, 15) is 28.1 Å². The lowest BCUT2D eigenvalue weighted by molar-refractivity contribution is -0.387. The van der Waals surface area contributed by atoms with Crippen molar-refractivity contribution in [2.75, 3.05) is 27.1 Å². The number of benzene rings is 2. The molecule has 0 aliphatic rings. The first kappa shape index (κ1) is 21.8. The van der Waals surface area contributed by atoms with Crippen molar-refractivity contribution in [3.8, 4) is 11.5 Å². The number of ketones is 1.